The van der Waals surface area contributed by atoms with E-state index in [1.807, 2.05) is 0 Å². The molecule has 0 spiro atoms. The molecule has 0 bridgehead atoms. The highest BCUT2D eigenvalue weighted by atomic mass is 35.5. The second-order valence-electron chi connectivity index (χ2n) is 3.38. The van der Waals surface area contributed by atoms with Crippen LogP contribution < -0.4 is 0 Å². The Labute approximate surface area is 106 Å². The third-order valence-electron chi connectivity index (χ3n) is 2.10. The smallest absolute Gasteiger partial charge is 0.137 e. The van der Waals surface area contributed by atoms with Crippen molar-refractivity contribution in [1.82, 2.24) is 4.98 Å². The van der Waals surface area contributed by atoms with E-state index in [0.717, 1.165) is 6.21 Å². The molecule has 18 heavy (non-hydrogen) atoms. The number of hydrogen-bond donors (Lipinski definition) is 0. The van der Waals surface area contributed by atoms with Gasteiger partial charge in [0, 0.05) is 18.3 Å². The molecule has 0 saturated heterocycles. The van der Waals surface area contributed by atoms with Crippen molar-refractivity contribution in [2.75, 3.05) is 0 Å². The third kappa shape index (κ3) is 2.87. The predicted octanol–water partition coefficient (Wildman–Crippen LogP) is 3.90. The number of aliphatic imine (C=N–C) groups is 1. The zero-order valence-corrected chi connectivity index (χ0v) is 9.63. The largest absolute Gasteiger partial charge is 0.254 e. The lowest BCUT2D eigenvalue weighted by molar-refractivity contribution is 0.541. The van der Waals surface area contributed by atoms with Crippen molar-refractivity contribution in [3.63, 3.8) is 0 Å². The first-order chi connectivity index (χ1) is 8.56. The Morgan fingerprint density at radius 1 is 1.11 bits per heavy atom. The highest BCUT2D eigenvalue weighted by Crippen LogP contribution is 2.16. The summed E-state index contributed by atoms with van der Waals surface area (Å²) in [7, 11) is 0. The van der Waals surface area contributed by atoms with E-state index in [0.29, 0.717) is 17.8 Å². The van der Waals surface area contributed by atoms with Gasteiger partial charge >= 0.3 is 0 Å². The van der Waals surface area contributed by atoms with Crippen molar-refractivity contribution in [3.8, 4) is 0 Å². The van der Waals surface area contributed by atoms with Gasteiger partial charge < -0.3 is 0 Å². The van der Waals surface area contributed by atoms with E-state index in [9.17, 15) is 13.2 Å². The van der Waals surface area contributed by atoms with Crippen LogP contribution >= 0.6 is 11.6 Å². The van der Waals surface area contributed by atoms with Gasteiger partial charge in [-0.15, -0.1) is 0 Å². The average Bonchev–Trinajstić information content (AvgIpc) is 2.30. The monoisotopic (exact) mass is 270 g/mol. The Bertz CT molecular complexity index is 574. The summed E-state index contributed by atoms with van der Waals surface area (Å²) in [5.41, 5.74) is -0.0334. The van der Waals surface area contributed by atoms with Gasteiger partial charge in [0.2, 0.25) is 0 Å². The van der Waals surface area contributed by atoms with Gasteiger partial charge in [-0.1, -0.05) is 11.6 Å². The molecular formula is C12H6ClF3N2. The van der Waals surface area contributed by atoms with Crippen molar-refractivity contribution in [2.45, 2.75) is 0 Å². The SMILES string of the molecule is Fc1cc(F)c(/C=N/c2ccc(Cl)nc2)c(F)c1. The maximum atomic E-state index is 13.3. The van der Waals surface area contributed by atoms with Crippen LogP contribution in [-0.4, -0.2) is 11.2 Å². The van der Waals surface area contributed by atoms with E-state index >= 15 is 0 Å². The molecule has 0 aliphatic rings. The minimum absolute atomic E-state index is 0.285. The lowest BCUT2D eigenvalue weighted by atomic mass is 10.2. The molecule has 0 N–H and O–H groups in total. The minimum atomic E-state index is -1.02. The first-order valence-corrected chi connectivity index (χ1v) is 5.24. The number of halogens is 4. The summed E-state index contributed by atoms with van der Waals surface area (Å²) in [4.78, 5) is 7.57. The Hall–Kier alpha value is -1.88. The maximum Gasteiger partial charge on any atom is 0.137 e. The van der Waals surface area contributed by atoms with Crippen LogP contribution in [0.25, 0.3) is 0 Å². The Morgan fingerprint density at radius 2 is 1.78 bits per heavy atom. The summed E-state index contributed by atoms with van der Waals surface area (Å²) in [5.74, 6) is -3.01. The zero-order chi connectivity index (χ0) is 13.1. The van der Waals surface area contributed by atoms with Crippen LogP contribution in [0.4, 0.5) is 18.9 Å². The van der Waals surface area contributed by atoms with Gasteiger partial charge in [0.05, 0.1) is 17.4 Å². The fraction of sp³-hybridized carbons (Fsp3) is 0. The van der Waals surface area contributed by atoms with Crippen molar-refractivity contribution in [3.05, 3.63) is 58.6 Å². The zero-order valence-electron chi connectivity index (χ0n) is 8.87. The van der Waals surface area contributed by atoms with E-state index in [-0.39, 0.29) is 5.15 Å². The summed E-state index contributed by atoms with van der Waals surface area (Å²) in [6.07, 6.45) is 2.31. The van der Waals surface area contributed by atoms with Crippen LogP contribution in [0, 0.1) is 17.5 Å². The Morgan fingerprint density at radius 3 is 2.33 bits per heavy atom. The summed E-state index contributed by atoms with van der Waals surface area (Å²) in [6, 6.07) is 4.20. The van der Waals surface area contributed by atoms with Gasteiger partial charge in [-0.2, -0.15) is 0 Å². The molecule has 0 radical (unpaired) electrons. The molecule has 0 aliphatic heterocycles. The second kappa shape index (κ2) is 5.18. The molecule has 2 rings (SSSR count). The quantitative estimate of drug-likeness (QED) is 0.600. The van der Waals surface area contributed by atoms with Crippen LogP contribution in [0.1, 0.15) is 5.56 Å². The van der Waals surface area contributed by atoms with E-state index in [1.54, 1.807) is 0 Å². The molecule has 0 unspecified atom stereocenters. The third-order valence-corrected chi connectivity index (χ3v) is 2.32. The molecule has 0 saturated carbocycles. The van der Waals surface area contributed by atoms with Crippen LogP contribution in [0.2, 0.25) is 5.15 Å². The average molecular weight is 271 g/mol. The molecule has 92 valence electrons. The van der Waals surface area contributed by atoms with Crippen molar-refractivity contribution in [2.24, 2.45) is 4.99 Å². The molecule has 1 heterocycles. The fourth-order valence-electron chi connectivity index (χ4n) is 1.26. The maximum absolute atomic E-state index is 13.3. The number of benzene rings is 1. The number of rotatable bonds is 2. The molecule has 1 aromatic carbocycles. The molecule has 0 fully saturated rings. The van der Waals surface area contributed by atoms with Crippen LogP contribution in [0.5, 0.6) is 0 Å². The molecule has 0 atom stereocenters. The van der Waals surface area contributed by atoms with E-state index in [1.165, 1.54) is 18.3 Å². The summed E-state index contributed by atoms with van der Waals surface area (Å²) in [5, 5.41) is 0.285. The summed E-state index contributed by atoms with van der Waals surface area (Å²) >= 11 is 5.57. The standard InChI is InChI=1S/C12H6ClF3N2/c13-12-2-1-8(5-18-12)17-6-9-10(15)3-7(14)4-11(9)16/h1-6H/b17-6+. The highest BCUT2D eigenvalue weighted by molar-refractivity contribution is 6.29. The molecule has 1 aromatic heterocycles. The fourth-order valence-corrected chi connectivity index (χ4v) is 1.37. The van der Waals surface area contributed by atoms with Gasteiger partial charge in [0.1, 0.15) is 22.6 Å². The lowest BCUT2D eigenvalue weighted by Gasteiger charge is -1.99. The minimum Gasteiger partial charge on any atom is -0.254 e. The first-order valence-electron chi connectivity index (χ1n) is 4.86. The first kappa shape index (κ1) is 12.6. The lowest BCUT2D eigenvalue weighted by Crippen LogP contribution is -1.95. The van der Waals surface area contributed by atoms with Crippen LogP contribution in [0.3, 0.4) is 0 Å². The summed E-state index contributed by atoms with van der Waals surface area (Å²) < 4.78 is 39.2. The molecule has 6 heteroatoms. The van der Waals surface area contributed by atoms with Crippen molar-refractivity contribution < 1.29 is 13.2 Å². The van der Waals surface area contributed by atoms with Gasteiger partial charge in [-0.3, -0.25) is 4.99 Å². The van der Waals surface area contributed by atoms with E-state index in [2.05, 4.69) is 9.98 Å². The molecular weight excluding hydrogens is 265 g/mol. The van der Waals surface area contributed by atoms with Gasteiger partial charge in [0.25, 0.3) is 0 Å². The summed E-state index contributed by atoms with van der Waals surface area (Å²) in [6.45, 7) is 0. The topological polar surface area (TPSA) is 25.2 Å². The molecule has 0 aliphatic carbocycles. The normalized spacial score (nSPS) is 11.1. The van der Waals surface area contributed by atoms with Gasteiger partial charge in [-0.25, -0.2) is 18.2 Å². The van der Waals surface area contributed by atoms with Gasteiger partial charge in [0.15, 0.2) is 0 Å². The van der Waals surface area contributed by atoms with Crippen LogP contribution in [-0.2, 0) is 0 Å². The number of pyridine rings is 1. The molecule has 0 amide bonds. The number of aromatic nitrogens is 1. The Kier molecular flexibility index (Phi) is 3.62. The van der Waals surface area contributed by atoms with Crippen molar-refractivity contribution >= 4 is 23.5 Å². The predicted molar refractivity (Wildman–Crippen MR) is 62.8 cm³/mol. The molecule has 2 nitrogen and oxygen atoms in total. The van der Waals surface area contributed by atoms with E-state index < -0.39 is 23.0 Å². The highest BCUT2D eigenvalue weighted by Gasteiger charge is 2.09. The van der Waals surface area contributed by atoms with E-state index in [4.69, 9.17) is 11.6 Å². The number of nitrogens with zero attached hydrogens (tertiary/aromatic N) is 2. The van der Waals surface area contributed by atoms with Crippen molar-refractivity contribution in [1.29, 1.82) is 0 Å². The second-order valence-corrected chi connectivity index (χ2v) is 3.77. The Balaban J connectivity index is 2.31. The molecule has 2 aromatic rings. The van der Waals surface area contributed by atoms with Gasteiger partial charge in [-0.05, 0) is 12.1 Å². The number of hydrogen-bond acceptors (Lipinski definition) is 2. The van der Waals surface area contributed by atoms with Crippen LogP contribution in [0.15, 0.2) is 35.5 Å².